The molecule has 37 heavy (non-hydrogen) atoms. The van der Waals surface area contributed by atoms with Gasteiger partial charge in [-0.1, -0.05) is 25.7 Å². The quantitative estimate of drug-likeness (QED) is 0.601. The topological polar surface area (TPSA) is 104 Å². The third-order valence-electron chi connectivity index (χ3n) is 7.80. The summed E-state index contributed by atoms with van der Waals surface area (Å²) in [5, 5.41) is 0. The average Bonchev–Trinajstić information content (AvgIpc) is 3.16. The van der Waals surface area contributed by atoms with Crippen LogP contribution in [-0.4, -0.2) is 52.9 Å². The standard InChI is InChI=1S/C26H32FN3O5S2/c1-36(32,33)28-19-8-11-24-22(16-19)26(12-4-2-5-13-26)18-30(24)25(31)21-17-20(9-10-23(21)27)37(34,35)29-14-6-3-7-15-29/h8-11,16-17,28H,2-7,12-15,18H2,1H3. The fourth-order valence-corrected chi connectivity index (χ4v) is 8.11. The van der Waals surface area contributed by atoms with Gasteiger partial charge in [0.2, 0.25) is 20.0 Å². The molecule has 1 aliphatic carbocycles. The first-order valence-corrected chi connectivity index (χ1v) is 16.1. The first-order chi connectivity index (χ1) is 17.5. The minimum atomic E-state index is -3.84. The SMILES string of the molecule is CS(=O)(=O)Nc1ccc2c(c1)C1(CCCCC1)CN2C(=O)c1cc(S(=O)(=O)N2CCCCC2)ccc1F. The highest BCUT2D eigenvalue weighted by atomic mass is 32.2. The number of carbonyl (C=O) groups excluding carboxylic acids is 1. The zero-order valence-corrected chi connectivity index (χ0v) is 22.5. The molecule has 5 rings (SSSR count). The van der Waals surface area contributed by atoms with Crippen molar-refractivity contribution >= 4 is 37.3 Å². The van der Waals surface area contributed by atoms with Crippen LogP contribution in [0.4, 0.5) is 15.8 Å². The van der Waals surface area contributed by atoms with E-state index in [9.17, 15) is 21.6 Å². The Morgan fingerprint density at radius 1 is 0.919 bits per heavy atom. The monoisotopic (exact) mass is 549 g/mol. The smallest absolute Gasteiger partial charge is 0.261 e. The number of hydrogen-bond donors (Lipinski definition) is 1. The summed E-state index contributed by atoms with van der Waals surface area (Å²) in [5.41, 5.74) is 1.25. The molecule has 8 nitrogen and oxygen atoms in total. The van der Waals surface area contributed by atoms with E-state index < -0.39 is 31.8 Å². The highest BCUT2D eigenvalue weighted by Crippen LogP contribution is 2.50. The lowest BCUT2D eigenvalue weighted by Gasteiger charge is -2.34. The Bertz CT molecular complexity index is 1430. The number of carbonyl (C=O) groups is 1. The van der Waals surface area contributed by atoms with E-state index in [2.05, 4.69) is 4.72 Å². The van der Waals surface area contributed by atoms with Gasteiger partial charge in [-0.2, -0.15) is 4.31 Å². The molecule has 2 aliphatic heterocycles. The van der Waals surface area contributed by atoms with Crippen LogP contribution in [0, 0.1) is 5.82 Å². The molecule has 2 aromatic carbocycles. The van der Waals surface area contributed by atoms with Gasteiger partial charge >= 0.3 is 0 Å². The van der Waals surface area contributed by atoms with Gasteiger partial charge in [0.1, 0.15) is 5.82 Å². The van der Waals surface area contributed by atoms with Gasteiger partial charge < -0.3 is 4.90 Å². The molecule has 2 aromatic rings. The van der Waals surface area contributed by atoms with Crippen molar-refractivity contribution in [3.63, 3.8) is 0 Å². The Morgan fingerprint density at radius 3 is 2.27 bits per heavy atom. The summed E-state index contributed by atoms with van der Waals surface area (Å²) in [6.45, 7) is 1.16. The molecule has 0 atom stereocenters. The molecule has 2 fully saturated rings. The van der Waals surface area contributed by atoms with Crippen LogP contribution in [-0.2, 0) is 25.5 Å². The van der Waals surface area contributed by atoms with Crippen molar-refractivity contribution in [1.82, 2.24) is 4.31 Å². The number of nitrogens with zero attached hydrogens (tertiary/aromatic N) is 2. The van der Waals surface area contributed by atoms with E-state index in [-0.39, 0.29) is 15.9 Å². The Labute approximate surface area is 217 Å². The molecule has 1 amide bonds. The van der Waals surface area contributed by atoms with Gasteiger partial charge in [-0.05, 0) is 67.6 Å². The maximum atomic E-state index is 15.0. The Balaban J connectivity index is 1.53. The van der Waals surface area contributed by atoms with E-state index in [1.54, 1.807) is 18.2 Å². The third-order valence-corrected chi connectivity index (χ3v) is 10.3. The van der Waals surface area contributed by atoms with Crippen LogP contribution in [0.2, 0.25) is 0 Å². The number of benzene rings is 2. The molecule has 1 spiro atoms. The molecule has 0 aromatic heterocycles. The van der Waals surface area contributed by atoms with Gasteiger partial charge in [0.25, 0.3) is 5.91 Å². The van der Waals surface area contributed by atoms with Crippen LogP contribution >= 0.6 is 0 Å². The van der Waals surface area contributed by atoms with Gasteiger partial charge in [0.15, 0.2) is 0 Å². The van der Waals surface area contributed by atoms with Crippen LogP contribution in [0.15, 0.2) is 41.3 Å². The van der Waals surface area contributed by atoms with E-state index in [1.165, 1.54) is 15.3 Å². The fourth-order valence-electron chi connectivity index (χ4n) is 6.01. The van der Waals surface area contributed by atoms with Gasteiger partial charge in [-0.3, -0.25) is 9.52 Å². The zero-order chi connectivity index (χ0) is 26.4. The molecule has 1 saturated carbocycles. The molecule has 0 radical (unpaired) electrons. The van der Waals surface area contributed by atoms with Crippen LogP contribution < -0.4 is 9.62 Å². The van der Waals surface area contributed by atoms with E-state index in [1.807, 2.05) is 0 Å². The summed E-state index contributed by atoms with van der Waals surface area (Å²) in [5.74, 6) is -1.37. The summed E-state index contributed by atoms with van der Waals surface area (Å²) >= 11 is 0. The molecule has 2 heterocycles. The first-order valence-electron chi connectivity index (χ1n) is 12.7. The molecule has 1 N–H and O–H groups in total. The summed E-state index contributed by atoms with van der Waals surface area (Å²) in [6, 6.07) is 8.50. The van der Waals surface area contributed by atoms with E-state index in [0.29, 0.717) is 31.0 Å². The van der Waals surface area contributed by atoms with E-state index in [4.69, 9.17) is 0 Å². The lowest BCUT2D eigenvalue weighted by atomic mass is 9.70. The third kappa shape index (κ3) is 5.00. The molecule has 3 aliphatic rings. The van der Waals surface area contributed by atoms with E-state index in [0.717, 1.165) is 75.3 Å². The Hall–Kier alpha value is -2.50. The maximum Gasteiger partial charge on any atom is 0.261 e. The van der Waals surface area contributed by atoms with Gasteiger partial charge in [-0.25, -0.2) is 21.2 Å². The minimum absolute atomic E-state index is 0.0846. The van der Waals surface area contributed by atoms with Gasteiger partial charge in [0.05, 0.1) is 16.7 Å². The minimum Gasteiger partial charge on any atom is -0.307 e. The summed E-state index contributed by atoms with van der Waals surface area (Å²) in [6.07, 6.45) is 8.29. The largest absolute Gasteiger partial charge is 0.307 e. The van der Waals surface area contributed by atoms with Crippen LogP contribution in [0.1, 0.15) is 67.3 Å². The summed E-state index contributed by atoms with van der Waals surface area (Å²) in [7, 11) is -7.32. The molecule has 11 heteroatoms. The van der Waals surface area contributed by atoms with Gasteiger partial charge in [0, 0.05) is 36.4 Å². The second-order valence-corrected chi connectivity index (χ2v) is 14.1. The number of piperidine rings is 1. The highest BCUT2D eigenvalue weighted by Gasteiger charge is 2.46. The average molecular weight is 550 g/mol. The van der Waals surface area contributed by atoms with Crippen molar-refractivity contribution in [2.75, 3.05) is 35.5 Å². The molecule has 200 valence electrons. The van der Waals surface area contributed by atoms with Gasteiger partial charge in [-0.15, -0.1) is 0 Å². The normalized spacial score (nSPS) is 20.1. The molecular weight excluding hydrogens is 517 g/mol. The Morgan fingerprint density at radius 2 is 1.59 bits per heavy atom. The lowest BCUT2D eigenvalue weighted by molar-refractivity contribution is 0.0978. The molecule has 0 bridgehead atoms. The molecular formula is C26H32FN3O5S2. The number of hydrogen-bond acceptors (Lipinski definition) is 5. The molecule has 0 unspecified atom stereocenters. The lowest BCUT2D eigenvalue weighted by Crippen LogP contribution is -2.39. The van der Waals surface area contributed by atoms with Crippen LogP contribution in [0.25, 0.3) is 0 Å². The number of rotatable bonds is 5. The fraction of sp³-hybridized carbons (Fsp3) is 0.500. The molecule has 1 saturated heterocycles. The number of fused-ring (bicyclic) bond motifs is 2. The zero-order valence-electron chi connectivity index (χ0n) is 20.9. The van der Waals surface area contributed by atoms with Crippen molar-refractivity contribution in [2.45, 2.75) is 61.7 Å². The first kappa shape index (κ1) is 26.1. The number of halogens is 1. The number of anilines is 2. The maximum absolute atomic E-state index is 15.0. The van der Waals surface area contributed by atoms with Crippen LogP contribution in [0.3, 0.4) is 0 Å². The Kier molecular flexibility index (Phi) is 6.82. The predicted molar refractivity (Wildman–Crippen MR) is 140 cm³/mol. The number of amides is 1. The predicted octanol–water partition coefficient (Wildman–Crippen LogP) is 4.23. The van der Waals surface area contributed by atoms with Crippen molar-refractivity contribution < 1.29 is 26.0 Å². The van der Waals surface area contributed by atoms with Crippen molar-refractivity contribution in [1.29, 1.82) is 0 Å². The summed E-state index contributed by atoms with van der Waals surface area (Å²) in [4.78, 5) is 15.2. The summed E-state index contributed by atoms with van der Waals surface area (Å²) < 4.78 is 69.0. The van der Waals surface area contributed by atoms with Crippen molar-refractivity contribution in [3.05, 3.63) is 53.3 Å². The number of nitrogens with one attached hydrogen (secondary N) is 1. The van der Waals surface area contributed by atoms with Crippen molar-refractivity contribution in [3.8, 4) is 0 Å². The second-order valence-electron chi connectivity index (χ2n) is 10.4. The highest BCUT2D eigenvalue weighted by molar-refractivity contribution is 7.92. The number of sulfonamides is 2. The van der Waals surface area contributed by atoms with E-state index >= 15 is 4.39 Å². The van der Waals surface area contributed by atoms with Crippen LogP contribution in [0.5, 0.6) is 0 Å². The second kappa shape index (κ2) is 9.67. The van der Waals surface area contributed by atoms with Crippen molar-refractivity contribution in [2.24, 2.45) is 0 Å².